The fraction of sp³-hybridized carbons (Fsp3) is 0.500. The minimum atomic E-state index is -0.318. The predicted octanol–water partition coefficient (Wildman–Crippen LogP) is 3.19. The highest BCUT2D eigenvalue weighted by Gasteiger charge is 2.34. The largest absolute Gasteiger partial charge is 0.464 e. The van der Waals surface area contributed by atoms with Gasteiger partial charge in [0.15, 0.2) is 0 Å². The molecule has 23 heavy (non-hydrogen) atoms. The van der Waals surface area contributed by atoms with Gasteiger partial charge in [-0.15, -0.1) is 0 Å². The standard InChI is InChI=1S/C18H23NO4/c1-2-3-4-5-6-11-16(20)23-13-12-19-17(21)14-9-7-8-10-15(14)18(19)22/h7-10H,2-6,11-13H2,1H3. The number of benzene rings is 1. The lowest BCUT2D eigenvalue weighted by molar-refractivity contribution is -0.144. The van der Waals surface area contributed by atoms with Crippen LogP contribution in [0, 0.1) is 0 Å². The van der Waals surface area contributed by atoms with Crippen LogP contribution in [-0.2, 0) is 9.53 Å². The Hall–Kier alpha value is -2.17. The first-order valence-electron chi connectivity index (χ1n) is 8.26. The van der Waals surface area contributed by atoms with Crippen molar-refractivity contribution in [2.24, 2.45) is 0 Å². The van der Waals surface area contributed by atoms with Gasteiger partial charge < -0.3 is 4.74 Å². The molecule has 5 nitrogen and oxygen atoms in total. The van der Waals surface area contributed by atoms with E-state index in [0.29, 0.717) is 17.5 Å². The van der Waals surface area contributed by atoms with Crippen molar-refractivity contribution in [3.05, 3.63) is 35.4 Å². The maximum absolute atomic E-state index is 12.1. The lowest BCUT2D eigenvalue weighted by Crippen LogP contribution is -2.33. The van der Waals surface area contributed by atoms with Gasteiger partial charge in [0.05, 0.1) is 17.7 Å². The van der Waals surface area contributed by atoms with E-state index in [-0.39, 0.29) is 30.9 Å². The number of imide groups is 1. The van der Waals surface area contributed by atoms with Gasteiger partial charge in [-0.25, -0.2) is 0 Å². The molecule has 2 rings (SSSR count). The monoisotopic (exact) mass is 317 g/mol. The fourth-order valence-corrected chi connectivity index (χ4v) is 2.64. The number of amides is 2. The molecule has 1 heterocycles. The molecule has 0 aliphatic carbocycles. The van der Waals surface area contributed by atoms with Crippen LogP contribution >= 0.6 is 0 Å². The minimum absolute atomic E-state index is 0.0548. The zero-order valence-corrected chi connectivity index (χ0v) is 13.5. The summed E-state index contributed by atoms with van der Waals surface area (Å²) in [6, 6.07) is 6.73. The molecule has 0 bridgehead atoms. The highest BCUT2D eigenvalue weighted by Crippen LogP contribution is 2.21. The predicted molar refractivity (Wildman–Crippen MR) is 86.1 cm³/mol. The van der Waals surface area contributed by atoms with Crippen molar-refractivity contribution < 1.29 is 19.1 Å². The number of carbonyl (C=O) groups is 3. The summed E-state index contributed by atoms with van der Waals surface area (Å²) in [6.07, 6.45) is 5.75. The van der Waals surface area contributed by atoms with E-state index in [1.165, 1.54) is 12.8 Å². The van der Waals surface area contributed by atoms with Gasteiger partial charge in [0.2, 0.25) is 0 Å². The lowest BCUT2D eigenvalue weighted by atomic mass is 10.1. The second-order valence-electron chi connectivity index (χ2n) is 5.69. The first kappa shape index (κ1) is 17.2. The molecule has 0 atom stereocenters. The Morgan fingerprint density at radius 1 is 1.00 bits per heavy atom. The Morgan fingerprint density at radius 2 is 1.61 bits per heavy atom. The third-order valence-electron chi connectivity index (χ3n) is 3.94. The first-order chi connectivity index (χ1) is 11.1. The summed E-state index contributed by atoms with van der Waals surface area (Å²) < 4.78 is 5.12. The van der Waals surface area contributed by atoms with Gasteiger partial charge in [-0.2, -0.15) is 0 Å². The van der Waals surface area contributed by atoms with E-state index in [0.717, 1.165) is 24.2 Å². The molecule has 5 heteroatoms. The van der Waals surface area contributed by atoms with E-state index in [1.54, 1.807) is 24.3 Å². The third kappa shape index (κ3) is 4.41. The topological polar surface area (TPSA) is 63.7 Å². The van der Waals surface area contributed by atoms with Crippen LogP contribution in [0.4, 0.5) is 0 Å². The number of hydrogen-bond donors (Lipinski definition) is 0. The number of carbonyl (C=O) groups excluding carboxylic acids is 3. The number of esters is 1. The molecule has 1 aromatic carbocycles. The first-order valence-corrected chi connectivity index (χ1v) is 8.26. The summed E-state index contributed by atoms with van der Waals surface area (Å²) >= 11 is 0. The second kappa shape index (κ2) is 8.46. The molecule has 0 aromatic heterocycles. The number of ether oxygens (including phenoxy) is 1. The van der Waals surface area contributed by atoms with Gasteiger partial charge in [-0.3, -0.25) is 19.3 Å². The van der Waals surface area contributed by atoms with Crippen molar-refractivity contribution in [2.45, 2.75) is 45.4 Å². The molecule has 124 valence electrons. The highest BCUT2D eigenvalue weighted by molar-refractivity contribution is 6.21. The van der Waals surface area contributed by atoms with Crippen LogP contribution in [-0.4, -0.2) is 35.8 Å². The van der Waals surface area contributed by atoms with Crippen LogP contribution in [0.5, 0.6) is 0 Å². The van der Waals surface area contributed by atoms with Gasteiger partial charge in [0, 0.05) is 6.42 Å². The van der Waals surface area contributed by atoms with Crippen LogP contribution in [0.2, 0.25) is 0 Å². The second-order valence-corrected chi connectivity index (χ2v) is 5.69. The van der Waals surface area contributed by atoms with Crippen LogP contribution in [0.3, 0.4) is 0 Å². The van der Waals surface area contributed by atoms with Crippen LogP contribution in [0.25, 0.3) is 0 Å². The Kier molecular flexibility index (Phi) is 6.32. The normalized spacial score (nSPS) is 13.3. The van der Waals surface area contributed by atoms with E-state index >= 15 is 0 Å². The quantitative estimate of drug-likeness (QED) is 0.398. The van der Waals surface area contributed by atoms with Crippen molar-refractivity contribution in [3.8, 4) is 0 Å². The molecule has 0 spiro atoms. The average molecular weight is 317 g/mol. The molecule has 0 saturated carbocycles. The smallest absolute Gasteiger partial charge is 0.305 e. The minimum Gasteiger partial charge on any atom is -0.464 e. The molecule has 0 saturated heterocycles. The Balaban J connectivity index is 1.70. The molecule has 1 aliphatic heterocycles. The Bertz CT molecular complexity index is 547. The molecular formula is C18H23NO4. The maximum Gasteiger partial charge on any atom is 0.305 e. The van der Waals surface area contributed by atoms with E-state index < -0.39 is 0 Å². The lowest BCUT2D eigenvalue weighted by Gasteiger charge is -2.13. The van der Waals surface area contributed by atoms with Crippen molar-refractivity contribution in [2.75, 3.05) is 13.2 Å². The fourth-order valence-electron chi connectivity index (χ4n) is 2.64. The molecule has 0 radical (unpaired) electrons. The summed E-state index contributed by atoms with van der Waals surface area (Å²) in [6.45, 7) is 2.31. The van der Waals surface area contributed by atoms with E-state index in [4.69, 9.17) is 4.74 Å². The Labute approximate surface area is 136 Å². The molecule has 1 aromatic rings. The van der Waals surface area contributed by atoms with E-state index in [1.807, 2.05) is 0 Å². The van der Waals surface area contributed by atoms with Crippen molar-refractivity contribution in [1.82, 2.24) is 4.90 Å². The number of rotatable bonds is 9. The summed E-state index contributed by atoms with van der Waals surface area (Å²) in [5.74, 6) is -0.902. The summed E-state index contributed by atoms with van der Waals surface area (Å²) in [7, 11) is 0. The third-order valence-corrected chi connectivity index (χ3v) is 3.94. The molecule has 1 aliphatic rings. The van der Waals surface area contributed by atoms with E-state index in [9.17, 15) is 14.4 Å². The number of hydrogen-bond acceptors (Lipinski definition) is 4. The maximum atomic E-state index is 12.1. The Morgan fingerprint density at radius 3 is 2.22 bits per heavy atom. The molecule has 0 N–H and O–H groups in total. The average Bonchev–Trinajstić information content (AvgIpc) is 2.80. The van der Waals surface area contributed by atoms with Gasteiger partial charge in [0.25, 0.3) is 11.8 Å². The van der Waals surface area contributed by atoms with Gasteiger partial charge >= 0.3 is 5.97 Å². The number of unbranched alkanes of at least 4 members (excludes halogenated alkanes) is 4. The van der Waals surface area contributed by atoms with Gasteiger partial charge in [0.1, 0.15) is 6.61 Å². The SMILES string of the molecule is CCCCCCCC(=O)OCCN1C(=O)c2ccccc2C1=O. The van der Waals surface area contributed by atoms with Crippen molar-refractivity contribution in [3.63, 3.8) is 0 Å². The molecular weight excluding hydrogens is 294 g/mol. The molecule has 2 amide bonds. The summed E-state index contributed by atoms with van der Waals surface area (Å²) in [4.78, 5) is 37.0. The van der Waals surface area contributed by atoms with Gasteiger partial charge in [-0.1, -0.05) is 44.7 Å². The zero-order valence-electron chi connectivity index (χ0n) is 13.5. The van der Waals surface area contributed by atoms with Gasteiger partial charge in [-0.05, 0) is 18.6 Å². The number of nitrogens with zero attached hydrogens (tertiary/aromatic N) is 1. The summed E-state index contributed by atoms with van der Waals surface area (Å²) in [5, 5.41) is 0. The molecule has 0 fully saturated rings. The van der Waals surface area contributed by atoms with Crippen LogP contribution < -0.4 is 0 Å². The number of fused-ring (bicyclic) bond motifs is 1. The van der Waals surface area contributed by atoms with E-state index in [2.05, 4.69) is 6.92 Å². The summed E-state index contributed by atoms with van der Waals surface area (Å²) in [5.41, 5.74) is 0.833. The van der Waals surface area contributed by atoms with Crippen molar-refractivity contribution in [1.29, 1.82) is 0 Å². The van der Waals surface area contributed by atoms with Crippen molar-refractivity contribution >= 4 is 17.8 Å². The van der Waals surface area contributed by atoms with Crippen LogP contribution in [0.1, 0.15) is 66.2 Å². The molecule has 0 unspecified atom stereocenters. The highest BCUT2D eigenvalue weighted by atomic mass is 16.5. The van der Waals surface area contributed by atoms with Crippen LogP contribution in [0.15, 0.2) is 24.3 Å². The zero-order chi connectivity index (χ0) is 16.7.